The zero-order valence-corrected chi connectivity index (χ0v) is 13.3. The number of para-hydroxylation sites is 1. The Bertz CT molecular complexity index is 480. The smallest absolute Gasteiger partial charge is 0.224 e. The van der Waals surface area contributed by atoms with Crippen LogP contribution in [0.3, 0.4) is 0 Å². The lowest BCUT2D eigenvalue weighted by molar-refractivity contribution is -0.134. The molecule has 1 aliphatic heterocycles. The molecule has 0 saturated carbocycles. The van der Waals surface area contributed by atoms with Gasteiger partial charge in [0.15, 0.2) is 0 Å². The summed E-state index contributed by atoms with van der Waals surface area (Å²) in [7, 11) is 0. The summed E-state index contributed by atoms with van der Waals surface area (Å²) in [5, 5.41) is 3.45. The van der Waals surface area contributed by atoms with Crippen LogP contribution in [-0.4, -0.2) is 43.7 Å². The van der Waals surface area contributed by atoms with E-state index < -0.39 is 0 Å². The van der Waals surface area contributed by atoms with E-state index in [-0.39, 0.29) is 5.91 Å². The first kappa shape index (κ1) is 15.8. The minimum Gasteiger partial charge on any atom is -0.384 e. The largest absolute Gasteiger partial charge is 0.384 e. The number of aryl methyl sites for hydroxylation is 1. The molecule has 0 atom stereocenters. The van der Waals surface area contributed by atoms with Gasteiger partial charge in [-0.15, -0.1) is 0 Å². The Balaban J connectivity index is 1.90. The van der Waals surface area contributed by atoms with Crippen molar-refractivity contribution in [1.82, 2.24) is 4.90 Å². The van der Waals surface area contributed by atoms with Crippen molar-refractivity contribution in [1.29, 1.82) is 0 Å². The van der Waals surface area contributed by atoms with Gasteiger partial charge < -0.3 is 15.0 Å². The predicted octanol–water partition coefficient (Wildman–Crippen LogP) is 2.78. The fraction of sp³-hybridized carbons (Fsp3) is 0.588. The number of hydrogen-bond donors (Lipinski definition) is 1. The molecule has 0 unspecified atom stereocenters. The van der Waals surface area contributed by atoms with Crippen molar-refractivity contribution in [3.05, 3.63) is 29.3 Å². The van der Waals surface area contributed by atoms with Crippen molar-refractivity contribution in [2.45, 2.75) is 33.1 Å². The van der Waals surface area contributed by atoms with E-state index in [1.165, 1.54) is 16.8 Å². The molecule has 1 N–H and O–H groups in total. The number of hydrogen-bond acceptors (Lipinski definition) is 3. The summed E-state index contributed by atoms with van der Waals surface area (Å²) in [6, 6.07) is 6.36. The minimum absolute atomic E-state index is 0.213. The molecule has 0 radical (unpaired) electrons. The maximum atomic E-state index is 12.1. The van der Waals surface area contributed by atoms with Crippen molar-refractivity contribution >= 4 is 11.6 Å². The van der Waals surface area contributed by atoms with Crippen LogP contribution in [0.5, 0.6) is 0 Å². The fourth-order valence-corrected chi connectivity index (χ4v) is 2.68. The lowest BCUT2D eigenvalue weighted by Crippen LogP contribution is -2.41. The number of rotatable bonds is 5. The molecule has 0 aliphatic carbocycles. The van der Waals surface area contributed by atoms with Crippen molar-refractivity contribution in [3.8, 4) is 0 Å². The average molecular weight is 290 g/mol. The molecular weight excluding hydrogens is 264 g/mol. The van der Waals surface area contributed by atoms with Gasteiger partial charge in [-0.05, 0) is 24.0 Å². The topological polar surface area (TPSA) is 41.6 Å². The molecule has 1 amide bonds. The number of nitrogens with zero attached hydrogens (tertiary/aromatic N) is 1. The van der Waals surface area contributed by atoms with Crippen molar-refractivity contribution in [2.24, 2.45) is 0 Å². The molecule has 4 heteroatoms. The van der Waals surface area contributed by atoms with Crippen LogP contribution in [0.4, 0.5) is 5.69 Å². The molecule has 0 aromatic heterocycles. The SMILES string of the molecule is Cc1cccc(C(C)C)c1NCCC(=O)N1CCOCC1. The number of benzene rings is 1. The van der Waals surface area contributed by atoms with E-state index in [9.17, 15) is 4.79 Å². The Labute approximate surface area is 127 Å². The number of anilines is 1. The monoisotopic (exact) mass is 290 g/mol. The van der Waals surface area contributed by atoms with E-state index in [0.29, 0.717) is 32.1 Å². The zero-order chi connectivity index (χ0) is 15.2. The van der Waals surface area contributed by atoms with E-state index >= 15 is 0 Å². The fourth-order valence-electron chi connectivity index (χ4n) is 2.68. The highest BCUT2D eigenvalue weighted by atomic mass is 16.5. The van der Waals surface area contributed by atoms with Crippen LogP contribution in [0.1, 0.15) is 37.3 Å². The van der Waals surface area contributed by atoms with Crippen LogP contribution in [0.25, 0.3) is 0 Å². The van der Waals surface area contributed by atoms with E-state index in [4.69, 9.17) is 4.74 Å². The van der Waals surface area contributed by atoms with Gasteiger partial charge in [-0.1, -0.05) is 32.0 Å². The predicted molar refractivity (Wildman–Crippen MR) is 85.8 cm³/mol. The summed E-state index contributed by atoms with van der Waals surface area (Å²) in [5.41, 5.74) is 3.73. The summed E-state index contributed by atoms with van der Waals surface area (Å²) in [6.07, 6.45) is 0.534. The molecule has 4 nitrogen and oxygen atoms in total. The molecule has 1 heterocycles. The number of morpholine rings is 1. The maximum absolute atomic E-state index is 12.1. The highest BCUT2D eigenvalue weighted by molar-refractivity contribution is 5.77. The van der Waals surface area contributed by atoms with Gasteiger partial charge in [0, 0.05) is 31.7 Å². The number of amides is 1. The summed E-state index contributed by atoms with van der Waals surface area (Å²) >= 11 is 0. The van der Waals surface area contributed by atoms with Gasteiger partial charge in [0.2, 0.25) is 5.91 Å². The third-order valence-electron chi connectivity index (χ3n) is 3.93. The summed E-state index contributed by atoms with van der Waals surface area (Å²) < 4.78 is 5.27. The van der Waals surface area contributed by atoms with E-state index in [1.807, 2.05) is 4.90 Å². The van der Waals surface area contributed by atoms with Gasteiger partial charge in [0.05, 0.1) is 13.2 Å². The molecule has 1 aromatic rings. The van der Waals surface area contributed by atoms with E-state index in [2.05, 4.69) is 44.3 Å². The van der Waals surface area contributed by atoms with Gasteiger partial charge in [-0.25, -0.2) is 0 Å². The van der Waals surface area contributed by atoms with Crippen molar-refractivity contribution < 1.29 is 9.53 Å². The summed E-state index contributed by atoms with van der Waals surface area (Å²) in [4.78, 5) is 14.0. The molecule has 0 bridgehead atoms. The van der Waals surface area contributed by atoms with E-state index in [1.54, 1.807) is 0 Å². The second-order valence-corrected chi connectivity index (χ2v) is 5.86. The number of carbonyl (C=O) groups excluding carboxylic acids is 1. The Morgan fingerprint density at radius 2 is 2.05 bits per heavy atom. The average Bonchev–Trinajstić information content (AvgIpc) is 2.49. The van der Waals surface area contributed by atoms with Crippen molar-refractivity contribution in [3.63, 3.8) is 0 Å². The molecule has 1 aliphatic rings. The Morgan fingerprint density at radius 1 is 1.33 bits per heavy atom. The zero-order valence-electron chi connectivity index (χ0n) is 13.3. The molecule has 1 fully saturated rings. The Morgan fingerprint density at radius 3 is 2.71 bits per heavy atom. The molecule has 1 aromatic carbocycles. The first-order valence-electron chi connectivity index (χ1n) is 7.78. The van der Waals surface area contributed by atoms with Crippen LogP contribution in [0.15, 0.2) is 18.2 Å². The lowest BCUT2D eigenvalue weighted by Gasteiger charge is -2.27. The Kier molecular flexibility index (Phi) is 5.62. The first-order valence-corrected chi connectivity index (χ1v) is 7.78. The second kappa shape index (κ2) is 7.46. The number of nitrogens with one attached hydrogen (secondary N) is 1. The molecule has 2 rings (SSSR count). The van der Waals surface area contributed by atoms with Crippen LogP contribution in [-0.2, 0) is 9.53 Å². The normalized spacial score (nSPS) is 15.3. The van der Waals surface area contributed by atoms with Gasteiger partial charge in [-0.2, -0.15) is 0 Å². The number of ether oxygens (including phenoxy) is 1. The number of carbonyl (C=O) groups is 1. The second-order valence-electron chi connectivity index (χ2n) is 5.86. The minimum atomic E-state index is 0.213. The van der Waals surface area contributed by atoms with Gasteiger partial charge in [0.1, 0.15) is 0 Å². The van der Waals surface area contributed by atoms with Crippen LogP contribution >= 0.6 is 0 Å². The standard InChI is InChI=1S/C17H26N2O2/c1-13(2)15-6-4-5-14(3)17(15)18-8-7-16(20)19-9-11-21-12-10-19/h4-6,13,18H,7-12H2,1-3H3. The third-order valence-corrected chi connectivity index (χ3v) is 3.93. The van der Waals surface area contributed by atoms with Crippen LogP contribution in [0.2, 0.25) is 0 Å². The molecule has 116 valence electrons. The van der Waals surface area contributed by atoms with Gasteiger partial charge >= 0.3 is 0 Å². The third kappa shape index (κ3) is 4.21. The van der Waals surface area contributed by atoms with Gasteiger partial charge in [0.25, 0.3) is 0 Å². The molecule has 1 saturated heterocycles. The lowest BCUT2D eigenvalue weighted by atomic mass is 9.98. The first-order chi connectivity index (χ1) is 10.1. The molecule has 21 heavy (non-hydrogen) atoms. The molecular formula is C17H26N2O2. The summed E-state index contributed by atoms with van der Waals surface area (Å²) in [6.45, 7) is 9.94. The molecule has 0 spiro atoms. The highest BCUT2D eigenvalue weighted by Crippen LogP contribution is 2.27. The van der Waals surface area contributed by atoms with Gasteiger partial charge in [-0.3, -0.25) is 4.79 Å². The highest BCUT2D eigenvalue weighted by Gasteiger charge is 2.16. The summed E-state index contributed by atoms with van der Waals surface area (Å²) in [5.74, 6) is 0.688. The van der Waals surface area contributed by atoms with E-state index in [0.717, 1.165) is 13.1 Å². The van der Waals surface area contributed by atoms with Crippen molar-refractivity contribution in [2.75, 3.05) is 38.2 Å². The Hall–Kier alpha value is -1.55. The quantitative estimate of drug-likeness (QED) is 0.906. The van der Waals surface area contributed by atoms with Crippen LogP contribution in [0, 0.1) is 6.92 Å². The van der Waals surface area contributed by atoms with Crippen LogP contribution < -0.4 is 5.32 Å². The maximum Gasteiger partial charge on any atom is 0.224 e.